The zero-order valence-corrected chi connectivity index (χ0v) is 15.4. The van der Waals surface area contributed by atoms with Crippen LogP contribution in [-0.4, -0.2) is 39.8 Å². The van der Waals surface area contributed by atoms with Crippen molar-refractivity contribution in [3.63, 3.8) is 0 Å². The lowest BCUT2D eigenvalue weighted by molar-refractivity contribution is -0.122. The third-order valence-corrected chi connectivity index (χ3v) is 3.62. The Morgan fingerprint density at radius 3 is 2.11 bits per heavy atom. The molecule has 0 radical (unpaired) electrons. The summed E-state index contributed by atoms with van der Waals surface area (Å²) in [5.74, 6) is 1.42. The summed E-state index contributed by atoms with van der Waals surface area (Å²) < 4.78 is 20.8. The van der Waals surface area contributed by atoms with Gasteiger partial charge in [0.2, 0.25) is 5.91 Å². The van der Waals surface area contributed by atoms with Gasteiger partial charge in [-0.1, -0.05) is 0 Å². The van der Waals surface area contributed by atoms with Crippen molar-refractivity contribution in [3.05, 3.63) is 48.0 Å². The summed E-state index contributed by atoms with van der Waals surface area (Å²) >= 11 is 0. The van der Waals surface area contributed by atoms with Crippen molar-refractivity contribution in [2.24, 2.45) is 0 Å². The molecule has 0 aliphatic carbocycles. The average Bonchev–Trinajstić information content (AvgIpc) is 2.71. The van der Waals surface area contributed by atoms with Gasteiger partial charge in [-0.25, -0.2) is 0 Å². The Labute approximate surface area is 157 Å². The quantitative estimate of drug-likeness (QED) is 0.686. The van der Waals surface area contributed by atoms with Gasteiger partial charge in [-0.3, -0.25) is 20.4 Å². The van der Waals surface area contributed by atoms with Crippen molar-refractivity contribution in [1.29, 1.82) is 0 Å². The fourth-order valence-corrected chi connectivity index (χ4v) is 2.17. The molecule has 0 saturated carbocycles. The molecule has 8 nitrogen and oxygen atoms in total. The molecule has 0 aliphatic heterocycles. The fourth-order valence-electron chi connectivity index (χ4n) is 2.17. The highest BCUT2D eigenvalue weighted by Crippen LogP contribution is 2.27. The molecule has 0 aliphatic rings. The van der Waals surface area contributed by atoms with E-state index in [4.69, 9.17) is 18.9 Å². The van der Waals surface area contributed by atoms with E-state index in [-0.39, 0.29) is 18.9 Å². The van der Waals surface area contributed by atoms with E-state index in [1.165, 1.54) is 20.3 Å². The van der Waals surface area contributed by atoms with E-state index in [1.54, 1.807) is 43.5 Å². The standard InChI is InChI=1S/C19H22N2O6/c1-24-14-5-7-15(8-6-14)27-11-10-18(22)20-21-19(23)13-4-9-16(25-2)17(12-13)26-3/h4-9,12H,10-11H2,1-3H3,(H,20,22)(H,21,23). The van der Waals surface area contributed by atoms with Crippen molar-refractivity contribution in [3.8, 4) is 23.0 Å². The first-order valence-electron chi connectivity index (χ1n) is 8.15. The van der Waals surface area contributed by atoms with Gasteiger partial charge in [0.1, 0.15) is 11.5 Å². The molecule has 144 valence electrons. The van der Waals surface area contributed by atoms with Gasteiger partial charge in [-0.15, -0.1) is 0 Å². The smallest absolute Gasteiger partial charge is 0.269 e. The maximum atomic E-state index is 12.1. The highest BCUT2D eigenvalue weighted by molar-refractivity contribution is 5.96. The molecular weight excluding hydrogens is 352 g/mol. The summed E-state index contributed by atoms with van der Waals surface area (Å²) in [6, 6.07) is 11.7. The molecule has 0 spiro atoms. The van der Waals surface area contributed by atoms with Crippen molar-refractivity contribution in [2.45, 2.75) is 6.42 Å². The molecule has 0 bridgehead atoms. The lowest BCUT2D eigenvalue weighted by atomic mass is 10.2. The summed E-state index contributed by atoms with van der Waals surface area (Å²) in [5, 5.41) is 0. The van der Waals surface area contributed by atoms with Crippen molar-refractivity contribution < 1.29 is 28.5 Å². The van der Waals surface area contributed by atoms with Crippen LogP contribution in [0.25, 0.3) is 0 Å². The normalized spacial score (nSPS) is 9.89. The summed E-state index contributed by atoms with van der Waals surface area (Å²) in [6.07, 6.45) is 0.0816. The lowest BCUT2D eigenvalue weighted by Gasteiger charge is -2.11. The van der Waals surface area contributed by atoms with Gasteiger partial charge in [0.25, 0.3) is 5.91 Å². The Morgan fingerprint density at radius 1 is 0.815 bits per heavy atom. The average molecular weight is 374 g/mol. The summed E-state index contributed by atoms with van der Waals surface area (Å²) in [4.78, 5) is 23.9. The Hall–Kier alpha value is -3.42. The number of amides is 2. The number of methoxy groups -OCH3 is 3. The highest BCUT2D eigenvalue weighted by atomic mass is 16.5. The lowest BCUT2D eigenvalue weighted by Crippen LogP contribution is -2.42. The first kappa shape index (κ1) is 19.9. The second-order valence-corrected chi connectivity index (χ2v) is 5.35. The highest BCUT2D eigenvalue weighted by Gasteiger charge is 2.11. The van der Waals surface area contributed by atoms with Gasteiger partial charge in [0, 0.05) is 5.56 Å². The maximum Gasteiger partial charge on any atom is 0.269 e. The Balaban J connectivity index is 1.76. The topological polar surface area (TPSA) is 95.1 Å². The van der Waals surface area contributed by atoms with Gasteiger partial charge < -0.3 is 18.9 Å². The van der Waals surface area contributed by atoms with E-state index in [0.717, 1.165) is 5.75 Å². The molecule has 2 rings (SSSR count). The van der Waals surface area contributed by atoms with Crippen molar-refractivity contribution in [2.75, 3.05) is 27.9 Å². The minimum atomic E-state index is -0.472. The van der Waals surface area contributed by atoms with Crippen LogP contribution in [0.5, 0.6) is 23.0 Å². The second-order valence-electron chi connectivity index (χ2n) is 5.35. The molecule has 2 aromatic carbocycles. The van der Waals surface area contributed by atoms with Gasteiger partial charge in [0.15, 0.2) is 11.5 Å². The molecule has 2 N–H and O–H groups in total. The number of carbonyl (C=O) groups is 2. The van der Waals surface area contributed by atoms with Gasteiger partial charge in [0.05, 0.1) is 34.4 Å². The van der Waals surface area contributed by atoms with Crippen molar-refractivity contribution in [1.82, 2.24) is 10.9 Å². The number of ether oxygens (including phenoxy) is 4. The minimum Gasteiger partial charge on any atom is -0.497 e. The number of rotatable bonds is 8. The Morgan fingerprint density at radius 2 is 1.48 bits per heavy atom. The predicted molar refractivity (Wildman–Crippen MR) is 98.3 cm³/mol. The molecule has 0 heterocycles. The number of carbonyl (C=O) groups excluding carboxylic acids is 2. The molecular formula is C19H22N2O6. The van der Waals surface area contributed by atoms with E-state index in [1.807, 2.05) is 0 Å². The zero-order valence-electron chi connectivity index (χ0n) is 15.4. The molecule has 2 aromatic rings. The number of hydrazine groups is 1. The first-order valence-corrected chi connectivity index (χ1v) is 8.15. The monoisotopic (exact) mass is 374 g/mol. The fraction of sp³-hybridized carbons (Fsp3) is 0.263. The molecule has 0 saturated heterocycles. The molecule has 0 aromatic heterocycles. The van der Waals surface area contributed by atoms with E-state index >= 15 is 0 Å². The van der Waals surface area contributed by atoms with E-state index < -0.39 is 5.91 Å². The van der Waals surface area contributed by atoms with Gasteiger partial charge in [-0.2, -0.15) is 0 Å². The summed E-state index contributed by atoms with van der Waals surface area (Å²) in [5.41, 5.74) is 5.01. The van der Waals surface area contributed by atoms with Crippen LogP contribution in [0.2, 0.25) is 0 Å². The number of nitrogens with one attached hydrogen (secondary N) is 2. The minimum absolute atomic E-state index is 0.0816. The third-order valence-electron chi connectivity index (χ3n) is 3.62. The molecule has 0 unspecified atom stereocenters. The molecule has 0 fully saturated rings. The summed E-state index contributed by atoms with van der Waals surface area (Å²) in [6.45, 7) is 0.171. The van der Waals surface area contributed by atoms with E-state index in [9.17, 15) is 9.59 Å². The van der Waals surface area contributed by atoms with Crippen molar-refractivity contribution >= 4 is 11.8 Å². The van der Waals surface area contributed by atoms with E-state index in [0.29, 0.717) is 22.8 Å². The second kappa shape index (κ2) is 9.91. The zero-order chi connectivity index (χ0) is 19.6. The maximum absolute atomic E-state index is 12.1. The van der Waals surface area contributed by atoms with Gasteiger partial charge in [-0.05, 0) is 42.5 Å². The Kier molecular flexibility index (Phi) is 7.30. The van der Waals surface area contributed by atoms with Crippen LogP contribution in [0.15, 0.2) is 42.5 Å². The molecule has 0 atom stereocenters. The van der Waals surface area contributed by atoms with E-state index in [2.05, 4.69) is 10.9 Å². The van der Waals surface area contributed by atoms with Crippen LogP contribution in [0.3, 0.4) is 0 Å². The number of benzene rings is 2. The SMILES string of the molecule is COc1ccc(OCCC(=O)NNC(=O)c2ccc(OC)c(OC)c2)cc1. The van der Waals surface area contributed by atoms with Crippen LogP contribution in [0.1, 0.15) is 16.8 Å². The molecule has 27 heavy (non-hydrogen) atoms. The van der Waals surface area contributed by atoms with Crippen LogP contribution >= 0.6 is 0 Å². The van der Waals surface area contributed by atoms with Crippen LogP contribution in [-0.2, 0) is 4.79 Å². The number of hydrogen-bond donors (Lipinski definition) is 2. The Bertz CT molecular complexity index is 776. The van der Waals surface area contributed by atoms with Crippen LogP contribution < -0.4 is 29.8 Å². The predicted octanol–water partition coefficient (Wildman–Crippen LogP) is 1.94. The molecule has 2 amide bonds. The molecule has 8 heteroatoms. The first-order chi connectivity index (χ1) is 13.1. The summed E-state index contributed by atoms with van der Waals surface area (Å²) in [7, 11) is 4.56. The van der Waals surface area contributed by atoms with Crippen LogP contribution in [0, 0.1) is 0 Å². The number of hydrogen-bond acceptors (Lipinski definition) is 6. The van der Waals surface area contributed by atoms with Gasteiger partial charge >= 0.3 is 0 Å². The third kappa shape index (κ3) is 5.81. The van der Waals surface area contributed by atoms with Crippen LogP contribution in [0.4, 0.5) is 0 Å². The largest absolute Gasteiger partial charge is 0.497 e.